The number of nitrogens with zero attached hydrogens (tertiary/aromatic N) is 1. The van der Waals surface area contributed by atoms with Gasteiger partial charge in [-0.2, -0.15) is 0 Å². The fourth-order valence-electron chi connectivity index (χ4n) is 15.7. The quantitative estimate of drug-likeness (QED) is 0.131. The molecule has 18 aromatic carbocycles. The maximum absolute atomic E-state index is 6.57. The zero-order valence-corrected chi connectivity index (χ0v) is 70.6. The number of thiophene rings is 2. The molecule has 0 spiro atoms. The van der Waals surface area contributed by atoms with Crippen molar-refractivity contribution in [2.45, 2.75) is 6.42 Å². The summed E-state index contributed by atoms with van der Waals surface area (Å²) in [7, 11) is 0. The van der Waals surface area contributed by atoms with E-state index in [2.05, 4.69) is 332 Å². The Hall–Kier alpha value is -11.6. The Kier molecular flexibility index (Phi) is 21.2. The van der Waals surface area contributed by atoms with Gasteiger partial charge in [-0.25, -0.2) is 0 Å². The molecule has 4 heterocycles. The number of furan rings is 2. The zero-order valence-electron chi connectivity index (χ0n) is 62.1. The number of hydrogen-bond acceptors (Lipinski definition) is 6. The number of fused-ring (bicyclic) bond motifs is 16. The summed E-state index contributed by atoms with van der Waals surface area (Å²) >= 11 is 26.0. The molecule has 22 aromatic rings. The maximum Gasteiger partial charge on any atom is 0.143 e. The smallest absolute Gasteiger partial charge is 0.143 e. The lowest BCUT2D eigenvalue weighted by Gasteiger charge is -2.26. The third-order valence-electron chi connectivity index (χ3n) is 21.1. The van der Waals surface area contributed by atoms with Crippen molar-refractivity contribution >= 4 is 235 Å². The first-order valence-electron chi connectivity index (χ1n) is 38.1. The summed E-state index contributed by atoms with van der Waals surface area (Å²) in [4.78, 5) is 2.35. The molecule has 0 aliphatic heterocycles. The van der Waals surface area contributed by atoms with Gasteiger partial charge in [-0.15, -0.1) is 22.7 Å². The van der Waals surface area contributed by atoms with Gasteiger partial charge in [0.25, 0.3) is 0 Å². The van der Waals surface area contributed by atoms with E-state index in [9.17, 15) is 0 Å². The van der Waals surface area contributed by atoms with Crippen LogP contribution < -0.4 is 10.2 Å². The van der Waals surface area contributed by atoms with E-state index in [0.29, 0.717) is 5.02 Å². The molecule has 116 heavy (non-hydrogen) atoms. The van der Waals surface area contributed by atoms with Crippen molar-refractivity contribution in [3.05, 3.63) is 422 Å². The van der Waals surface area contributed by atoms with Crippen molar-refractivity contribution in [3.8, 4) is 44.5 Å². The Labute approximate surface area is 719 Å². The van der Waals surface area contributed by atoms with Gasteiger partial charge in [-0.3, -0.25) is 0 Å². The van der Waals surface area contributed by atoms with E-state index in [4.69, 9.17) is 32.0 Å². The van der Waals surface area contributed by atoms with Gasteiger partial charge in [0.15, 0.2) is 0 Å². The number of hydrogen-bond donors (Lipinski definition) is 1. The largest absolute Gasteiger partial charge is 0.455 e. The molecule has 0 aliphatic carbocycles. The van der Waals surface area contributed by atoms with Crippen molar-refractivity contribution in [1.82, 2.24) is 0 Å². The Morgan fingerprint density at radius 2 is 0.750 bits per heavy atom. The predicted octanol–water partition coefficient (Wildman–Crippen LogP) is 34.5. The summed E-state index contributed by atoms with van der Waals surface area (Å²) in [5.41, 5.74) is 20.7. The van der Waals surface area contributed by atoms with Crippen LogP contribution in [0, 0.1) is 3.57 Å². The molecule has 4 nitrogen and oxygen atoms in total. The van der Waals surface area contributed by atoms with Crippen LogP contribution in [0.1, 0.15) is 11.1 Å². The summed E-state index contributed by atoms with van der Waals surface area (Å²) in [5, 5.41) is 19.5. The molecule has 556 valence electrons. The van der Waals surface area contributed by atoms with Crippen molar-refractivity contribution in [1.29, 1.82) is 0 Å². The molecule has 4 aromatic heterocycles. The summed E-state index contributed by atoms with van der Waals surface area (Å²) in [5.74, 6) is 0. The fourth-order valence-corrected chi connectivity index (χ4v) is 19.6. The van der Waals surface area contributed by atoms with E-state index in [-0.39, 0.29) is 0 Å². The molecular weight excluding hydrogens is 1740 g/mol. The summed E-state index contributed by atoms with van der Waals surface area (Å²) < 4.78 is 21.2. The average molecular weight is 1810 g/mol. The highest BCUT2D eigenvalue weighted by Crippen LogP contribution is 2.49. The van der Waals surface area contributed by atoms with Gasteiger partial charge < -0.3 is 19.1 Å². The number of para-hydroxylation sites is 3. The third-order valence-corrected chi connectivity index (χ3v) is 25.4. The van der Waals surface area contributed by atoms with Gasteiger partial charge in [0.1, 0.15) is 22.3 Å². The molecule has 0 saturated heterocycles. The van der Waals surface area contributed by atoms with Gasteiger partial charge in [-0.05, 0) is 271 Å². The number of nitrogens with one attached hydrogen (secondary N) is 1. The second kappa shape index (κ2) is 32.9. The summed E-state index contributed by atoms with van der Waals surface area (Å²) in [6.45, 7) is 0. The Balaban J connectivity index is 0.000000116. The van der Waals surface area contributed by atoms with Crippen molar-refractivity contribution in [3.63, 3.8) is 0 Å². The average Bonchev–Trinajstić information content (AvgIpc) is 1.56. The third kappa shape index (κ3) is 15.5. The van der Waals surface area contributed by atoms with Crippen LogP contribution in [0.25, 0.3) is 150 Å². The minimum Gasteiger partial charge on any atom is -0.455 e. The first kappa shape index (κ1) is 74.5. The van der Waals surface area contributed by atoms with E-state index in [1.807, 2.05) is 144 Å². The van der Waals surface area contributed by atoms with Crippen LogP contribution >= 0.6 is 100 Å². The fraction of sp³-hybridized carbons (Fsp3) is 0.00952. The van der Waals surface area contributed by atoms with E-state index < -0.39 is 0 Å². The Morgan fingerprint density at radius 3 is 1.28 bits per heavy atom. The molecule has 0 amide bonds. The maximum atomic E-state index is 6.57. The zero-order chi connectivity index (χ0) is 78.2. The molecule has 1 N–H and O–H groups in total. The van der Waals surface area contributed by atoms with E-state index >= 15 is 0 Å². The molecule has 0 saturated carbocycles. The second-order valence-electron chi connectivity index (χ2n) is 28.6. The summed E-state index contributed by atoms with van der Waals surface area (Å²) in [6, 6.07) is 136. The number of halogens is 5. The first-order chi connectivity index (χ1) is 57.0. The highest BCUT2D eigenvalue weighted by atomic mass is 127. The Bertz CT molecular complexity index is 7370. The minimum absolute atomic E-state index is 0.683. The van der Waals surface area contributed by atoms with E-state index in [0.717, 1.165) is 115 Å². The van der Waals surface area contributed by atoms with Gasteiger partial charge in [0.05, 0.1) is 0 Å². The van der Waals surface area contributed by atoms with Gasteiger partial charge in [-0.1, -0.05) is 267 Å². The second-order valence-corrected chi connectivity index (χ2v) is 34.7. The van der Waals surface area contributed by atoms with Crippen molar-refractivity contribution in [2.75, 3.05) is 10.2 Å². The molecular formula is C105H67Br2Cl2IN2O2S2. The molecule has 0 fully saturated rings. The van der Waals surface area contributed by atoms with Crippen LogP contribution in [0.5, 0.6) is 0 Å². The highest BCUT2D eigenvalue weighted by molar-refractivity contribution is 14.1. The number of anilines is 5. The van der Waals surface area contributed by atoms with Crippen LogP contribution in [0.3, 0.4) is 0 Å². The van der Waals surface area contributed by atoms with Gasteiger partial charge >= 0.3 is 0 Å². The lowest BCUT2D eigenvalue weighted by atomic mass is 9.97. The standard InChI is InChI=1S/C46H27BrClNOS.C29H20S.C18H9BrClIO.C12H11N/c47-32-16-19-42-39(24-32)40-27-36(26-38(46(40)50-42)30-10-7-11-33(48)23-30)49(34-12-5-2-6-13-34)35-17-21-43-41(25-35)45-37-18-14-29(28-8-3-1-4-9-28)22-31(37)15-20-44(45)51-43;1-3-7-20(8-4-1)17-21-11-15-27-26(18-21)29-25-14-12-23(22-9-5-2-6-10-22)19-24(25)13-16-28(29)30-27;19-11-4-5-17-15(7-11)16-9-13(21)8-14(18(16)22-17)10-2-1-3-12(20)6-10;1-3-7-11(8-4-1)13-12-9-5-2-6-10-12/h1-27H;1-16,18-19H,17H2;1-9H;1-10,13H. The van der Waals surface area contributed by atoms with Crippen LogP contribution in [0.4, 0.5) is 28.4 Å². The van der Waals surface area contributed by atoms with Crippen molar-refractivity contribution < 1.29 is 8.83 Å². The molecule has 0 radical (unpaired) electrons. The molecule has 11 heteroatoms. The number of benzene rings is 18. The normalized spacial score (nSPS) is 11.4. The van der Waals surface area contributed by atoms with E-state index in [1.54, 1.807) is 0 Å². The lowest BCUT2D eigenvalue weighted by Crippen LogP contribution is -2.10. The van der Waals surface area contributed by atoms with Crippen molar-refractivity contribution in [2.24, 2.45) is 0 Å². The minimum atomic E-state index is 0.683. The SMILES string of the molecule is Clc1cccc(-c2cc(I)cc3c2oc2ccc(Br)cc23)c1.Clc1cccc(-c2cc(N(c3ccccc3)c3ccc4sc5ccc6cc(-c7ccccc7)ccc6c5c4c3)cc3c2oc2ccc(Br)cc23)c1.c1ccc(Cc2ccc3sc4ccc5cc(-c6ccccc6)ccc5c4c3c2)cc1.c1ccc(Nc2ccccc2)cc1. The van der Waals surface area contributed by atoms with Gasteiger partial charge in [0.2, 0.25) is 0 Å². The molecule has 0 bridgehead atoms. The van der Waals surface area contributed by atoms with Gasteiger partial charge in [0, 0.05) is 124 Å². The van der Waals surface area contributed by atoms with Crippen LogP contribution in [0.2, 0.25) is 10.0 Å². The van der Waals surface area contributed by atoms with E-state index in [1.165, 1.54) is 98.8 Å². The lowest BCUT2D eigenvalue weighted by molar-refractivity contribution is 0.669. The molecule has 0 unspecified atom stereocenters. The molecule has 0 aliphatic rings. The highest BCUT2D eigenvalue weighted by Gasteiger charge is 2.23. The Morgan fingerprint density at radius 1 is 0.302 bits per heavy atom. The monoisotopic (exact) mass is 1810 g/mol. The topological polar surface area (TPSA) is 41.6 Å². The van der Waals surface area contributed by atoms with Crippen LogP contribution in [-0.2, 0) is 6.42 Å². The number of rotatable bonds is 11. The summed E-state index contributed by atoms with van der Waals surface area (Å²) in [6.07, 6.45) is 0.969. The molecule has 22 rings (SSSR count). The van der Waals surface area contributed by atoms with Crippen LogP contribution in [0.15, 0.2) is 406 Å². The van der Waals surface area contributed by atoms with Crippen LogP contribution in [-0.4, -0.2) is 0 Å². The predicted molar refractivity (Wildman–Crippen MR) is 515 cm³/mol. The molecule has 0 atom stereocenters. The first-order valence-corrected chi connectivity index (χ1v) is 43.2.